The number of nitrogens with two attached hydrogens (primary N) is 1. The van der Waals surface area contributed by atoms with Gasteiger partial charge in [0.2, 0.25) is 5.91 Å². The highest BCUT2D eigenvalue weighted by atomic mass is 35.5. The first kappa shape index (κ1) is 15.3. The van der Waals surface area contributed by atoms with Gasteiger partial charge in [0.15, 0.2) is 0 Å². The SMILES string of the molecule is Cl.NC[C@H]1CCC[C@H]1C(=O)Nc1ccc(Cl)cc1. The minimum absolute atomic E-state index is 0. The summed E-state index contributed by atoms with van der Waals surface area (Å²) in [4.78, 5) is 12.1. The van der Waals surface area contributed by atoms with E-state index in [4.69, 9.17) is 17.3 Å². The Morgan fingerprint density at radius 1 is 1.33 bits per heavy atom. The summed E-state index contributed by atoms with van der Waals surface area (Å²) in [6, 6.07) is 7.16. The van der Waals surface area contributed by atoms with Gasteiger partial charge in [0.1, 0.15) is 0 Å². The van der Waals surface area contributed by atoms with Crippen LogP contribution in [0.4, 0.5) is 5.69 Å². The van der Waals surface area contributed by atoms with Gasteiger partial charge in [-0.2, -0.15) is 0 Å². The topological polar surface area (TPSA) is 55.1 Å². The van der Waals surface area contributed by atoms with E-state index in [1.807, 2.05) is 12.1 Å². The molecule has 0 spiro atoms. The van der Waals surface area contributed by atoms with Gasteiger partial charge in [-0.25, -0.2) is 0 Å². The van der Waals surface area contributed by atoms with Crippen LogP contribution in [-0.2, 0) is 4.79 Å². The summed E-state index contributed by atoms with van der Waals surface area (Å²) in [6.07, 6.45) is 3.11. The number of hydrogen-bond acceptors (Lipinski definition) is 2. The predicted molar refractivity (Wildman–Crippen MR) is 77.2 cm³/mol. The first-order valence-electron chi connectivity index (χ1n) is 5.97. The van der Waals surface area contributed by atoms with Crippen LogP contribution < -0.4 is 11.1 Å². The van der Waals surface area contributed by atoms with E-state index >= 15 is 0 Å². The molecular weight excluding hydrogens is 271 g/mol. The third-order valence-corrected chi connectivity index (χ3v) is 3.66. The Morgan fingerprint density at radius 3 is 2.61 bits per heavy atom. The number of carbonyl (C=O) groups excluding carboxylic acids is 1. The zero-order valence-electron chi connectivity index (χ0n) is 10.1. The largest absolute Gasteiger partial charge is 0.330 e. The van der Waals surface area contributed by atoms with Crippen molar-refractivity contribution in [3.63, 3.8) is 0 Å². The van der Waals surface area contributed by atoms with Crippen LogP contribution in [-0.4, -0.2) is 12.5 Å². The van der Waals surface area contributed by atoms with Gasteiger partial charge in [0, 0.05) is 16.6 Å². The average Bonchev–Trinajstić information content (AvgIpc) is 2.80. The Balaban J connectivity index is 0.00000162. The number of benzene rings is 1. The van der Waals surface area contributed by atoms with Crippen molar-refractivity contribution in [2.24, 2.45) is 17.6 Å². The van der Waals surface area contributed by atoms with Crippen molar-refractivity contribution in [1.82, 2.24) is 0 Å². The second-order valence-electron chi connectivity index (χ2n) is 4.53. The summed E-state index contributed by atoms with van der Waals surface area (Å²) in [5.41, 5.74) is 6.47. The fraction of sp³-hybridized carbons (Fsp3) is 0.462. The molecule has 0 bridgehead atoms. The van der Waals surface area contributed by atoms with Gasteiger partial charge in [-0.1, -0.05) is 18.0 Å². The quantitative estimate of drug-likeness (QED) is 0.898. The molecule has 1 aromatic rings. The summed E-state index contributed by atoms with van der Waals surface area (Å²) >= 11 is 5.79. The average molecular weight is 289 g/mol. The van der Waals surface area contributed by atoms with Gasteiger partial charge in [-0.3, -0.25) is 4.79 Å². The number of carbonyl (C=O) groups is 1. The zero-order valence-corrected chi connectivity index (χ0v) is 11.6. The maximum absolute atomic E-state index is 12.1. The smallest absolute Gasteiger partial charge is 0.227 e. The Kier molecular flexibility index (Phi) is 5.93. The second kappa shape index (κ2) is 6.98. The molecule has 2 rings (SSSR count). The van der Waals surface area contributed by atoms with Crippen molar-refractivity contribution in [2.45, 2.75) is 19.3 Å². The number of nitrogens with one attached hydrogen (secondary N) is 1. The van der Waals surface area contributed by atoms with E-state index in [1.54, 1.807) is 12.1 Å². The fourth-order valence-corrected chi connectivity index (χ4v) is 2.56. The third-order valence-electron chi connectivity index (χ3n) is 3.41. The number of amides is 1. The van der Waals surface area contributed by atoms with Crippen molar-refractivity contribution in [3.05, 3.63) is 29.3 Å². The van der Waals surface area contributed by atoms with Crippen molar-refractivity contribution in [2.75, 3.05) is 11.9 Å². The normalized spacial score (nSPS) is 22.3. The van der Waals surface area contributed by atoms with E-state index in [1.165, 1.54) is 0 Å². The van der Waals surface area contributed by atoms with Crippen LogP contribution in [0.25, 0.3) is 0 Å². The molecule has 3 N–H and O–H groups in total. The minimum Gasteiger partial charge on any atom is -0.330 e. The van der Waals surface area contributed by atoms with Gasteiger partial charge in [0.05, 0.1) is 0 Å². The van der Waals surface area contributed by atoms with Crippen LogP contribution in [0, 0.1) is 11.8 Å². The monoisotopic (exact) mass is 288 g/mol. The minimum atomic E-state index is 0. The summed E-state index contributed by atoms with van der Waals surface area (Å²) in [5, 5.41) is 3.59. The lowest BCUT2D eigenvalue weighted by Gasteiger charge is -2.17. The maximum Gasteiger partial charge on any atom is 0.227 e. The molecule has 2 atom stereocenters. The lowest BCUT2D eigenvalue weighted by atomic mass is 9.95. The highest BCUT2D eigenvalue weighted by Gasteiger charge is 2.31. The molecule has 3 nitrogen and oxygen atoms in total. The summed E-state index contributed by atoms with van der Waals surface area (Å²) in [7, 11) is 0. The summed E-state index contributed by atoms with van der Waals surface area (Å²) < 4.78 is 0. The van der Waals surface area contributed by atoms with E-state index in [-0.39, 0.29) is 24.2 Å². The second-order valence-corrected chi connectivity index (χ2v) is 4.97. The van der Waals surface area contributed by atoms with Gasteiger partial charge in [0.25, 0.3) is 0 Å². The van der Waals surface area contributed by atoms with Crippen LogP contribution in [0.5, 0.6) is 0 Å². The summed E-state index contributed by atoms with van der Waals surface area (Å²) in [5.74, 6) is 0.484. The molecule has 0 aliphatic heterocycles. The molecule has 1 amide bonds. The van der Waals surface area contributed by atoms with E-state index in [0.717, 1.165) is 24.9 Å². The van der Waals surface area contributed by atoms with E-state index < -0.39 is 0 Å². The third kappa shape index (κ3) is 3.61. The number of hydrogen-bond donors (Lipinski definition) is 2. The van der Waals surface area contributed by atoms with Crippen molar-refractivity contribution in [1.29, 1.82) is 0 Å². The number of rotatable bonds is 3. The standard InChI is InChI=1S/C13H17ClN2O.ClH/c14-10-4-6-11(7-5-10)16-13(17)12-3-1-2-9(12)8-15;/h4-7,9,12H,1-3,8,15H2,(H,16,17);1H/t9-,12-;/m1./s1. The molecule has 100 valence electrons. The first-order chi connectivity index (χ1) is 8.20. The van der Waals surface area contributed by atoms with Crippen molar-refractivity contribution >= 4 is 35.6 Å². The molecule has 0 saturated heterocycles. The molecule has 0 heterocycles. The van der Waals surface area contributed by atoms with Crippen LogP contribution in [0.3, 0.4) is 0 Å². The molecule has 0 aromatic heterocycles. The Bertz CT molecular complexity index is 394. The van der Waals surface area contributed by atoms with Crippen LogP contribution in [0.15, 0.2) is 24.3 Å². The Morgan fingerprint density at radius 2 is 2.00 bits per heavy atom. The lowest BCUT2D eigenvalue weighted by Crippen LogP contribution is -2.29. The molecule has 1 saturated carbocycles. The number of anilines is 1. The molecule has 18 heavy (non-hydrogen) atoms. The molecule has 1 aliphatic carbocycles. The van der Waals surface area contributed by atoms with Gasteiger partial charge in [-0.15, -0.1) is 12.4 Å². The molecule has 0 unspecified atom stereocenters. The molecule has 1 fully saturated rings. The predicted octanol–water partition coefficient (Wildman–Crippen LogP) is 3.08. The highest BCUT2D eigenvalue weighted by molar-refractivity contribution is 6.30. The van der Waals surface area contributed by atoms with Crippen LogP contribution in [0.1, 0.15) is 19.3 Å². The highest BCUT2D eigenvalue weighted by Crippen LogP contribution is 2.31. The Hall–Kier alpha value is -0.770. The first-order valence-corrected chi connectivity index (χ1v) is 6.35. The van der Waals surface area contributed by atoms with Crippen molar-refractivity contribution < 1.29 is 4.79 Å². The zero-order chi connectivity index (χ0) is 12.3. The van der Waals surface area contributed by atoms with Crippen LogP contribution >= 0.6 is 24.0 Å². The summed E-state index contributed by atoms with van der Waals surface area (Å²) in [6.45, 7) is 0.596. The van der Waals surface area contributed by atoms with E-state index in [2.05, 4.69) is 5.32 Å². The molecule has 1 aromatic carbocycles. The lowest BCUT2D eigenvalue weighted by molar-refractivity contribution is -0.120. The molecular formula is C13H18Cl2N2O. The molecule has 1 aliphatic rings. The molecule has 5 heteroatoms. The van der Waals surface area contributed by atoms with E-state index in [0.29, 0.717) is 17.5 Å². The van der Waals surface area contributed by atoms with Gasteiger partial charge >= 0.3 is 0 Å². The van der Waals surface area contributed by atoms with Gasteiger partial charge in [-0.05, 0) is 49.6 Å². The number of halogens is 2. The fourth-order valence-electron chi connectivity index (χ4n) is 2.43. The van der Waals surface area contributed by atoms with E-state index in [9.17, 15) is 4.79 Å². The molecule has 0 radical (unpaired) electrons. The van der Waals surface area contributed by atoms with Crippen LogP contribution in [0.2, 0.25) is 5.02 Å². The Labute approximate surface area is 118 Å². The van der Waals surface area contributed by atoms with Crippen molar-refractivity contribution in [3.8, 4) is 0 Å². The maximum atomic E-state index is 12.1. The van der Waals surface area contributed by atoms with Gasteiger partial charge < -0.3 is 11.1 Å².